The number of hydrogen-bond donors (Lipinski definition) is 3. The molecule has 0 radical (unpaired) electrons. The van der Waals surface area contributed by atoms with Gasteiger partial charge in [-0.3, -0.25) is 0 Å². The van der Waals surface area contributed by atoms with Gasteiger partial charge in [-0.1, -0.05) is 6.92 Å². The summed E-state index contributed by atoms with van der Waals surface area (Å²) in [4.78, 5) is 0. The maximum Gasteiger partial charge on any atom is 0.0428 e. The highest BCUT2D eigenvalue weighted by Gasteiger charge is 1.57. The lowest BCUT2D eigenvalue weighted by Crippen LogP contribution is -1.72. The van der Waals surface area contributed by atoms with Gasteiger partial charge in [0.05, 0.1) is 0 Å². The van der Waals surface area contributed by atoms with E-state index in [1.54, 1.807) is 0 Å². The largest absolute Gasteiger partial charge is 0.396 e. The third-order valence-electron chi connectivity index (χ3n) is 0.224. The predicted octanol–water partition coefficient (Wildman–Crippen LogP) is -0.277. The van der Waals surface area contributed by atoms with Gasteiger partial charge >= 0.3 is 0 Å². The van der Waals surface area contributed by atoms with Crippen molar-refractivity contribution in [3.05, 3.63) is 0 Å². The fourth-order valence-electron chi connectivity index (χ4n) is 0. The monoisotopic (exact) mass is 93.1 g/mol. The van der Waals surface area contributed by atoms with Gasteiger partial charge < -0.3 is 10.3 Å². The van der Waals surface area contributed by atoms with Crippen molar-refractivity contribution in [3.8, 4) is 0 Å². The van der Waals surface area contributed by atoms with Crippen LogP contribution in [0.2, 0.25) is 0 Å². The Morgan fingerprint density at radius 1 is 1.50 bits per heavy atom. The van der Waals surface area contributed by atoms with Crippen LogP contribution < -0.4 is 5.90 Å². The molecule has 3 nitrogen and oxygen atoms in total. The highest BCUT2D eigenvalue weighted by Crippen LogP contribution is 1.61. The summed E-state index contributed by atoms with van der Waals surface area (Å²) in [5.74, 6) is 3.50. The predicted molar refractivity (Wildman–Crippen MR) is 23.4 cm³/mol. The summed E-state index contributed by atoms with van der Waals surface area (Å²) in [6.07, 6.45) is 0.875. The van der Waals surface area contributed by atoms with E-state index in [0.717, 1.165) is 6.42 Å². The maximum absolute atomic E-state index is 7.88. The minimum absolute atomic E-state index is 0.319. The molecule has 0 bridgehead atoms. The normalized spacial score (nSPS) is 6.00. The molecule has 0 rings (SSSR count). The van der Waals surface area contributed by atoms with Gasteiger partial charge in [-0.05, 0) is 6.42 Å². The second-order valence-corrected chi connectivity index (χ2v) is 0.724. The summed E-state index contributed by atoms with van der Waals surface area (Å²) < 4.78 is 0. The molecule has 0 aliphatic rings. The van der Waals surface area contributed by atoms with E-state index in [0.29, 0.717) is 6.61 Å². The molecule has 0 fully saturated rings. The van der Waals surface area contributed by atoms with Gasteiger partial charge in [0, 0.05) is 6.61 Å². The SMILES string of the molecule is CCCO.NO. The molecule has 0 aliphatic carbocycles. The molecule has 0 aromatic carbocycles. The van der Waals surface area contributed by atoms with Gasteiger partial charge in [0.2, 0.25) is 0 Å². The van der Waals surface area contributed by atoms with Gasteiger partial charge in [-0.15, -0.1) is 0 Å². The first kappa shape index (κ1) is 9.30. The second kappa shape index (κ2) is 20.8. The van der Waals surface area contributed by atoms with Crippen molar-refractivity contribution in [2.24, 2.45) is 5.90 Å². The van der Waals surface area contributed by atoms with Gasteiger partial charge in [0.15, 0.2) is 0 Å². The van der Waals surface area contributed by atoms with Gasteiger partial charge in [0.25, 0.3) is 0 Å². The molecule has 0 aliphatic heterocycles. The van der Waals surface area contributed by atoms with E-state index in [1.165, 1.54) is 0 Å². The molecule has 0 unspecified atom stereocenters. The van der Waals surface area contributed by atoms with Gasteiger partial charge in [-0.25, -0.2) is 5.90 Å². The molecular formula is C3H11NO2. The van der Waals surface area contributed by atoms with Crippen molar-refractivity contribution in [1.82, 2.24) is 0 Å². The summed E-state index contributed by atoms with van der Waals surface area (Å²) >= 11 is 0. The van der Waals surface area contributed by atoms with Crippen LogP contribution in [0.3, 0.4) is 0 Å². The number of hydrogen-bond acceptors (Lipinski definition) is 3. The summed E-state index contributed by atoms with van der Waals surface area (Å²) in [5, 5.41) is 14.4. The first-order chi connectivity index (χ1) is 2.91. The lowest BCUT2D eigenvalue weighted by molar-refractivity contribution is 0.295. The average Bonchev–Trinajstić information content (AvgIpc) is 1.72. The lowest BCUT2D eigenvalue weighted by atomic mass is 10.5. The zero-order chi connectivity index (χ0) is 5.41. The number of aliphatic hydroxyl groups is 1. The highest BCUT2D eigenvalue weighted by atomic mass is 16.4. The standard InChI is InChI=1S/C3H8O.H3NO/c1-2-3-4;1-2/h4H,2-3H2,1H3;2H,1H2. The molecule has 6 heavy (non-hydrogen) atoms. The van der Waals surface area contributed by atoms with Crippen LogP contribution >= 0.6 is 0 Å². The van der Waals surface area contributed by atoms with Crippen molar-refractivity contribution in [2.45, 2.75) is 13.3 Å². The molecular weight excluding hydrogens is 82.0 g/mol. The van der Waals surface area contributed by atoms with E-state index >= 15 is 0 Å². The lowest BCUT2D eigenvalue weighted by Gasteiger charge is -1.69. The van der Waals surface area contributed by atoms with E-state index in [4.69, 9.17) is 10.3 Å². The number of nitrogens with two attached hydrogens (primary N) is 1. The summed E-state index contributed by atoms with van der Waals surface area (Å²) in [6.45, 7) is 2.25. The van der Waals surface area contributed by atoms with Crippen molar-refractivity contribution in [1.29, 1.82) is 0 Å². The molecule has 0 saturated heterocycles. The van der Waals surface area contributed by atoms with E-state index in [-0.39, 0.29) is 0 Å². The summed E-state index contributed by atoms with van der Waals surface area (Å²) in [7, 11) is 0. The summed E-state index contributed by atoms with van der Waals surface area (Å²) in [5.41, 5.74) is 0. The highest BCUT2D eigenvalue weighted by molar-refractivity contribution is 4.10. The Kier molecular flexibility index (Phi) is 32.2. The number of aliphatic hydroxyl groups excluding tert-OH is 1. The van der Waals surface area contributed by atoms with Crippen molar-refractivity contribution in [3.63, 3.8) is 0 Å². The molecule has 0 amide bonds. The van der Waals surface area contributed by atoms with Crippen molar-refractivity contribution < 1.29 is 10.3 Å². The zero-order valence-electron chi connectivity index (χ0n) is 3.89. The fraction of sp³-hybridized carbons (Fsp3) is 1.00. The molecule has 3 heteroatoms. The van der Waals surface area contributed by atoms with E-state index < -0.39 is 0 Å². The Balaban J connectivity index is 0. The molecule has 4 N–H and O–H groups in total. The zero-order valence-corrected chi connectivity index (χ0v) is 3.89. The van der Waals surface area contributed by atoms with Crippen LogP contribution in [-0.2, 0) is 0 Å². The first-order valence-electron chi connectivity index (χ1n) is 1.78. The Hall–Kier alpha value is -0.120. The Bertz CT molecular complexity index is 10.8. The van der Waals surface area contributed by atoms with Crippen LogP contribution in [0.4, 0.5) is 0 Å². The van der Waals surface area contributed by atoms with Crippen LogP contribution in [0.1, 0.15) is 13.3 Å². The number of rotatable bonds is 1. The quantitative estimate of drug-likeness (QED) is 0.391. The Labute approximate surface area is 37.4 Å². The molecule has 0 aromatic rings. The molecule has 0 spiro atoms. The van der Waals surface area contributed by atoms with Gasteiger partial charge in [0.1, 0.15) is 0 Å². The first-order valence-corrected chi connectivity index (χ1v) is 1.78. The topological polar surface area (TPSA) is 66.5 Å². The minimum atomic E-state index is 0.319. The van der Waals surface area contributed by atoms with E-state index in [2.05, 4.69) is 5.90 Å². The van der Waals surface area contributed by atoms with Gasteiger partial charge in [-0.2, -0.15) is 0 Å². The van der Waals surface area contributed by atoms with E-state index in [9.17, 15) is 0 Å². The van der Waals surface area contributed by atoms with Crippen LogP contribution in [0.15, 0.2) is 0 Å². The maximum atomic E-state index is 7.88. The second-order valence-electron chi connectivity index (χ2n) is 0.724. The smallest absolute Gasteiger partial charge is 0.0428 e. The molecule has 0 saturated carbocycles. The summed E-state index contributed by atoms with van der Waals surface area (Å²) in [6, 6.07) is 0. The Morgan fingerprint density at radius 3 is 1.67 bits per heavy atom. The molecule has 40 valence electrons. The molecule has 0 aromatic heterocycles. The molecule has 0 atom stereocenters. The molecule has 0 heterocycles. The van der Waals surface area contributed by atoms with Crippen LogP contribution in [0, 0.1) is 0 Å². The van der Waals surface area contributed by atoms with Crippen molar-refractivity contribution in [2.75, 3.05) is 6.61 Å². The third kappa shape index (κ3) is 41.6. The van der Waals surface area contributed by atoms with Crippen LogP contribution in [0.25, 0.3) is 0 Å². The Morgan fingerprint density at radius 2 is 1.67 bits per heavy atom. The fourth-order valence-corrected chi connectivity index (χ4v) is 0. The van der Waals surface area contributed by atoms with Crippen LogP contribution in [-0.4, -0.2) is 16.9 Å². The van der Waals surface area contributed by atoms with Crippen molar-refractivity contribution >= 4 is 0 Å². The third-order valence-corrected chi connectivity index (χ3v) is 0.224. The average molecular weight is 93.1 g/mol. The van der Waals surface area contributed by atoms with Crippen LogP contribution in [0.5, 0.6) is 0 Å². The van der Waals surface area contributed by atoms with E-state index in [1.807, 2.05) is 6.92 Å². The minimum Gasteiger partial charge on any atom is -0.396 e.